The minimum Gasteiger partial charge on any atom is -0.260 e. The number of benzene rings is 1. The van der Waals surface area contributed by atoms with E-state index in [0.717, 1.165) is 16.3 Å². The van der Waals surface area contributed by atoms with Crippen molar-refractivity contribution in [2.75, 3.05) is 0 Å². The van der Waals surface area contributed by atoms with Crippen molar-refractivity contribution in [3.63, 3.8) is 0 Å². The molecule has 2 aromatic heterocycles. The molecule has 6 heteroatoms. The van der Waals surface area contributed by atoms with Gasteiger partial charge in [-0.3, -0.25) is 4.68 Å². The van der Waals surface area contributed by atoms with E-state index in [9.17, 15) is 13.2 Å². The summed E-state index contributed by atoms with van der Waals surface area (Å²) in [6.07, 6.45) is -3.86. The number of rotatable bonds is 4. The molecular weight excluding hydrogens is 315 g/mol. The van der Waals surface area contributed by atoms with Gasteiger partial charge in [-0.15, -0.1) is 0 Å². The number of nitrogens with zero attached hydrogens (tertiary/aromatic N) is 3. The van der Waals surface area contributed by atoms with E-state index in [-0.39, 0.29) is 12.2 Å². The lowest BCUT2D eigenvalue weighted by molar-refractivity contribution is -0.144. The molecule has 0 unspecified atom stereocenters. The molecule has 0 fully saturated rings. The highest BCUT2D eigenvalue weighted by Gasteiger charge is 2.35. The zero-order valence-corrected chi connectivity index (χ0v) is 13.1. The molecule has 2 heterocycles. The van der Waals surface area contributed by atoms with Crippen LogP contribution in [0.3, 0.4) is 0 Å². The number of hydrogen-bond acceptors (Lipinski definition) is 2. The van der Waals surface area contributed by atoms with Crippen LogP contribution >= 0.6 is 0 Å². The molecule has 3 nitrogen and oxygen atoms in total. The average molecular weight is 331 g/mol. The first-order chi connectivity index (χ1) is 11.5. The Hall–Kier alpha value is -2.63. The van der Waals surface area contributed by atoms with Gasteiger partial charge >= 0.3 is 6.18 Å². The molecule has 0 aliphatic rings. The van der Waals surface area contributed by atoms with Crippen molar-refractivity contribution in [2.45, 2.75) is 26.1 Å². The molecule has 0 N–H and O–H groups in total. The highest BCUT2D eigenvalue weighted by molar-refractivity contribution is 5.64. The van der Waals surface area contributed by atoms with Crippen molar-refractivity contribution in [2.24, 2.45) is 0 Å². The van der Waals surface area contributed by atoms with Gasteiger partial charge in [-0.2, -0.15) is 18.3 Å². The van der Waals surface area contributed by atoms with Crippen LogP contribution < -0.4 is 0 Å². The standard InChI is InChI=1S/C18H16F3N3/c1-2-11-24-17(18(19,20)21)12-16(23-24)15-10-6-9-14(22-15)13-7-4-3-5-8-13/h3-10,12H,2,11H2,1H3. The zero-order valence-electron chi connectivity index (χ0n) is 13.1. The number of halogens is 3. The molecule has 0 atom stereocenters. The van der Waals surface area contributed by atoms with Gasteiger partial charge in [0.15, 0.2) is 0 Å². The van der Waals surface area contributed by atoms with E-state index in [1.165, 1.54) is 0 Å². The van der Waals surface area contributed by atoms with E-state index in [1.807, 2.05) is 43.3 Å². The van der Waals surface area contributed by atoms with Crippen LogP contribution in [0.1, 0.15) is 19.0 Å². The summed E-state index contributed by atoms with van der Waals surface area (Å²) in [6, 6.07) is 15.8. The summed E-state index contributed by atoms with van der Waals surface area (Å²) in [6.45, 7) is 2.03. The van der Waals surface area contributed by atoms with Crippen LogP contribution in [0, 0.1) is 0 Å². The monoisotopic (exact) mass is 331 g/mol. The van der Waals surface area contributed by atoms with Gasteiger partial charge in [-0.1, -0.05) is 43.3 Å². The summed E-state index contributed by atoms with van der Waals surface area (Å²) in [5.74, 6) is 0. The highest BCUT2D eigenvalue weighted by Crippen LogP contribution is 2.32. The van der Waals surface area contributed by atoms with E-state index in [0.29, 0.717) is 17.8 Å². The number of aryl methyl sites for hydroxylation is 1. The summed E-state index contributed by atoms with van der Waals surface area (Å²) in [4.78, 5) is 4.47. The largest absolute Gasteiger partial charge is 0.433 e. The molecule has 0 bridgehead atoms. The Bertz CT molecular complexity index is 823. The molecule has 0 aliphatic carbocycles. The Balaban J connectivity index is 2.04. The molecule has 0 amide bonds. The lowest BCUT2D eigenvalue weighted by Crippen LogP contribution is -2.14. The van der Waals surface area contributed by atoms with Crippen LogP contribution in [0.2, 0.25) is 0 Å². The van der Waals surface area contributed by atoms with Gasteiger partial charge in [0.1, 0.15) is 11.4 Å². The average Bonchev–Trinajstić information content (AvgIpc) is 3.01. The van der Waals surface area contributed by atoms with Crippen LogP contribution in [0.4, 0.5) is 13.2 Å². The normalized spacial score (nSPS) is 11.7. The van der Waals surface area contributed by atoms with Crippen molar-refractivity contribution in [1.82, 2.24) is 14.8 Å². The van der Waals surface area contributed by atoms with Gasteiger partial charge in [-0.05, 0) is 24.6 Å². The molecular formula is C18H16F3N3. The Labute approximate surface area is 137 Å². The van der Waals surface area contributed by atoms with E-state index in [4.69, 9.17) is 0 Å². The second-order valence-corrected chi connectivity index (χ2v) is 5.41. The molecule has 24 heavy (non-hydrogen) atoms. The summed E-state index contributed by atoms with van der Waals surface area (Å²) in [5, 5.41) is 4.11. The number of aromatic nitrogens is 3. The van der Waals surface area contributed by atoms with Crippen LogP contribution in [0.5, 0.6) is 0 Å². The van der Waals surface area contributed by atoms with Crippen LogP contribution in [0.15, 0.2) is 54.6 Å². The van der Waals surface area contributed by atoms with Gasteiger partial charge < -0.3 is 0 Å². The molecule has 1 aromatic carbocycles. The summed E-state index contributed by atoms with van der Waals surface area (Å²) in [5.41, 5.74) is 1.52. The van der Waals surface area contributed by atoms with Crippen molar-refractivity contribution in [1.29, 1.82) is 0 Å². The first-order valence-electron chi connectivity index (χ1n) is 7.67. The highest BCUT2D eigenvalue weighted by atomic mass is 19.4. The van der Waals surface area contributed by atoms with Crippen LogP contribution in [0.25, 0.3) is 22.6 Å². The SMILES string of the molecule is CCCn1nc(-c2cccc(-c3ccccc3)n2)cc1C(F)(F)F. The van der Waals surface area contributed by atoms with Crippen LogP contribution in [-0.2, 0) is 12.7 Å². The second kappa shape index (κ2) is 6.47. The lowest BCUT2D eigenvalue weighted by atomic mass is 10.1. The van der Waals surface area contributed by atoms with Crippen molar-refractivity contribution in [3.05, 3.63) is 60.3 Å². The van der Waals surface area contributed by atoms with Crippen molar-refractivity contribution < 1.29 is 13.2 Å². The summed E-state index contributed by atoms with van der Waals surface area (Å²) < 4.78 is 40.5. The van der Waals surface area contributed by atoms with E-state index in [2.05, 4.69) is 10.1 Å². The predicted molar refractivity (Wildman–Crippen MR) is 86.2 cm³/mol. The number of pyridine rings is 1. The maximum Gasteiger partial charge on any atom is 0.433 e. The fourth-order valence-corrected chi connectivity index (χ4v) is 2.50. The Morgan fingerprint density at radius 2 is 1.62 bits per heavy atom. The predicted octanol–water partition coefficient (Wildman–Crippen LogP) is 5.04. The molecule has 0 saturated heterocycles. The molecule has 3 rings (SSSR count). The Morgan fingerprint density at radius 3 is 2.29 bits per heavy atom. The van der Waals surface area contributed by atoms with Gasteiger partial charge in [-0.25, -0.2) is 4.98 Å². The third-order valence-electron chi connectivity index (χ3n) is 3.59. The third-order valence-corrected chi connectivity index (χ3v) is 3.59. The molecule has 0 spiro atoms. The van der Waals surface area contributed by atoms with Crippen molar-refractivity contribution >= 4 is 0 Å². The Morgan fingerprint density at radius 1 is 0.917 bits per heavy atom. The van der Waals surface area contributed by atoms with Gasteiger partial charge in [0.2, 0.25) is 0 Å². The third kappa shape index (κ3) is 3.32. The summed E-state index contributed by atoms with van der Waals surface area (Å²) in [7, 11) is 0. The maximum atomic E-state index is 13.2. The fourth-order valence-electron chi connectivity index (χ4n) is 2.50. The van der Waals surface area contributed by atoms with Gasteiger partial charge in [0.05, 0.1) is 11.4 Å². The number of alkyl halides is 3. The van der Waals surface area contributed by atoms with E-state index >= 15 is 0 Å². The first-order valence-corrected chi connectivity index (χ1v) is 7.67. The minimum absolute atomic E-state index is 0.215. The molecule has 124 valence electrons. The maximum absolute atomic E-state index is 13.2. The first kappa shape index (κ1) is 16.2. The Kier molecular flexibility index (Phi) is 4.38. The van der Waals surface area contributed by atoms with E-state index in [1.54, 1.807) is 12.1 Å². The fraction of sp³-hybridized carbons (Fsp3) is 0.222. The topological polar surface area (TPSA) is 30.7 Å². The molecule has 0 saturated carbocycles. The quantitative estimate of drug-likeness (QED) is 0.670. The zero-order chi connectivity index (χ0) is 17.2. The molecule has 3 aromatic rings. The summed E-state index contributed by atoms with van der Waals surface area (Å²) >= 11 is 0. The number of hydrogen-bond donors (Lipinski definition) is 0. The minimum atomic E-state index is -4.43. The van der Waals surface area contributed by atoms with Crippen molar-refractivity contribution in [3.8, 4) is 22.6 Å². The van der Waals surface area contributed by atoms with Gasteiger partial charge in [0.25, 0.3) is 0 Å². The van der Waals surface area contributed by atoms with Crippen LogP contribution in [-0.4, -0.2) is 14.8 Å². The molecule has 0 aliphatic heterocycles. The van der Waals surface area contributed by atoms with E-state index < -0.39 is 11.9 Å². The second-order valence-electron chi connectivity index (χ2n) is 5.41. The van der Waals surface area contributed by atoms with Gasteiger partial charge in [0, 0.05) is 12.1 Å². The smallest absolute Gasteiger partial charge is 0.260 e. The molecule has 0 radical (unpaired) electrons. The lowest BCUT2D eigenvalue weighted by Gasteiger charge is -2.08.